The molecule has 1 heterocycles. The molecule has 146 valence electrons. The zero-order valence-corrected chi connectivity index (χ0v) is 15.2. The normalized spacial score (nSPS) is 14.4. The summed E-state index contributed by atoms with van der Waals surface area (Å²) in [5.41, 5.74) is 0.855. The van der Waals surface area contributed by atoms with Crippen LogP contribution >= 0.6 is 0 Å². The van der Waals surface area contributed by atoms with Crippen LogP contribution in [0.3, 0.4) is 0 Å². The van der Waals surface area contributed by atoms with Gasteiger partial charge in [0.05, 0.1) is 18.7 Å². The van der Waals surface area contributed by atoms with Crippen molar-refractivity contribution < 1.29 is 28.2 Å². The number of hydrogen-bond donors (Lipinski definition) is 1. The maximum absolute atomic E-state index is 12.9. The van der Waals surface area contributed by atoms with Gasteiger partial charge in [-0.2, -0.15) is 0 Å². The maximum atomic E-state index is 12.9. The smallest absolute Gasteiger partial charge is 0.326 e. The molecular weight excluding hydrogens is 367 g/mol. The minimum atomic E-state index is -1.09. The minimum Gasteiger partial charge on any atom is -0.491 e. The van der Waals surface area contributed by atoms with E-state index in [1.54, 1.807) is 24.3 Å². The average molecular weight is 386 g/mol. The third kappa shape index (κ3) is 4.64. The highest BCUT2D eigenvalue weighted by Gasteiger charge is 2.27. The molecule has 0 saturated heterocycles. The number of esters is 1. The van der Waals surface area contributed by atoms with E-state index in [0.717, 1.165) is 0 Å². The largest absolute Gasteiger partial charge is 0.491 e. The summed E-state index contributed by atoms with van der Waals surface area (Å²) in [6.07, 6.45) is -0.964. The summed E-state index contributed by atoms with van der Waals surface area (Å²) in [7, 11) is 0. The number of amides is 2. The third-order valence-electron chi connectivity index (χ3n) is 4.11. The summed E-state index contributed by atoms with van der Waals surface area (Å²) in [6, 6.07) is 12.1. The Hall–Kier alpha value is -3.42. The van der Waals surface area contributed by atoms with Crippen LogP contribution in [0.1, 0.15) is 13.3 Å². The Labute approximate surface area is 161 Å². The molecule has 0 aromatic heterocycles. The van der Waals surface area contributed by atoms with E-state index in [1.165, 1.54) is 36.1 Å². The molecule has 3 rings (SSSR count). The summed E-state index contributed by atoms with van der Waals surface area (Å²) < 4.78 is 23.6. The number of benzene rings is 2. The number of ether oxygens (including phenoxy) is 2. The molecule has 2 amide bonds. The standard InChI is InChI=1S/C20H19FN2O5/c1-13(20(26)22-15-8-6-14(21)7-9-15)28-19(25)12-23-16-4-2-3-5-17(16)27-11-10-18(23)24/h2-9,13H,10-12H2,1H3,(H,22,26)/t13-/m1/s1. The number of carbonyl (C=O) groups is 3. The summed E-state index contributed by atoms with van der Waals surface area (Å²) in [5, 5.41) is 2.53. The van der Waals surface area contributed by atoms with Crippen molar-refractivity contribution >= 4 is 29.2 Å². The van der Waals surface area contributed by atoms with Gasteiger partial charge in [-0.1, -0.05) is 12.1 Å². The molecule has 1 atom stereocenters. The number of anilines is 2. The molecule has 28 heavy (non-hydrogen) atoms. The molecule has 2 aromatic carbocycles. The Bertz CT molecular complexity index is 884. The predicted octanol–water partition coefficient (Wildman–Crippen LogP) is 2.51. The number of fused-ring (bicyclic) bond motifs is 1. The summed E-state index contributed by atoms with van der Waals surface area (Å²) in [5.74, 6) is -1.49. The third-order valence-corrected chi connectivity index (χ3v) is 4.11. The SMILES string of the molecule is C[C@@H](OC(=O)CN1C(=O)CCOc2ccccc21)C(=O)Nc1ccc(F)cc1. The predicted molar refractivity (Wildman–Crippen MR) is 99.5 cm³/mol. The van der Waals surface area contributed by atoms with Crippen molar-refractivity contribution in [2.45, 2.75) is 19.4 Å². The molecule has 0 unspecified atom stereocenters. The second-order valence-electron chi connectivity index (χ2n) is 6.17. The quantitative estimate of drug-likeness (QED) is 0.798. The van der Waals surface area contributed by atoms with Gasteiger partial charge in [-0.15, -0.1) is 0 Å². The fourth-order valence-corrected chi connectivity index (χ4v) is 2.69. The van der Waals surface area contributed by atoms with Crippen LogP contribution in [0.2, 0.25) is 0 Å². The number of para-hydroxylation sites is 2. The van der Waals surface area contributed by atoms with Crippen LogP contribution in [-0.2, 0) is 19.1 Å². The van der Waals surface area contributed by atoms with Crippen LogP contribution in [0.5, 0.6) is 5.75 Å². The molecule has 8 heteroatoms. The first-order valence-corrected chi connectivity index (χ1v) is 8.72. The van der Waals surface area contributed by atoms with Gasteiger partial charge in [-0.05, 0) is 43.3 Å². The first-order chi connectivity index (χ1) is 13.4. The molecule has 0 bridgehead atoms. The van der Waals surface area contributed by atoms with Gasteiger partial charge in [-0.3, -0.25) is 19.3 Å². The topological polar surface area (TPSA) is 84.9 Å². The number of nitrogens with zero attached hydrogens (tertiary/aromatic N) is 1. The van der Waals surface area contributed by atoms with Crippen LogP contribution in [0.15, 0.2) is 48.5 Å². The average Bonchev–Trinajstić information content (AvgIpc) is 2.83. The lowest BCUT2D eigenvalue weighted by Crippen LogP contribution is -2.39. The van der Waals surface area contributed by atoms with Gasteiger partial charge in [0.1, 0.15) is 18.1 Å². The molecule has 0 fully saturated rings. The minimum absolute atomic E-state index is 0.128. The Morgan fingerprint density at radius 1 is 1.21 bits per heavy atom. The van der Waals surface area contributed by atoms with E-state index in [2.05, 4.69) is 5.32 Å². The highest BCUT2D eigenvalue weighted by Crippen LogP contribution is 2.30. The molecule has 7 nitrogen and oxygen atoms in total. The van der Waals surface area contributed by atoms with Crippen LogP contribution < -0.4 is 15.0 Å². The van der Waals surface area contributed by atoms with Crippen LogP contribution in [0, 0.1) is 5.82 Å². The van der Waals surface area contributed by atoms with Crippen molar-refractivity contribution in [2.24, 2.45) is 0 Å². The van der Waals surface area contributed by atoms with E-state index >= 15 is 0 Å². The Balaban J connectivity index is 1.62. The number of halogens is 1. The fraction of sp³-hybridized carbons (Fsp3) is 0.250. The van der Waals surface area contributed by atoms with Gasteiger partial charge in [-0.25, -0.2) is 4.39 Å². The van der Waals surface area contributed by atoms with Crippen molar-refractivity contribution in [1.29, 1.82) is 0 Å². The maximum Gasteiger partial charge on any atom is 0.326 e. The zero-order valence-electron chi connectivity index (χ0n) is 15.2. The lowest BCUT2D eigenvalue weighted by Gasteiger charge is -2.22. The van der Waals surface area contributed by atoms with Crippen molar-refractivity contribution in [3.8, 4) is 5.75 Å². The number of carbonyl (C=O) groups excluding carboxylic acids is 3. The number of rotatable bonds is 5. The molecule has 0 radical (unpaired) electrons. The lowest BCUT2D eigenvalue weighted by molar-refractivity contribution is -0.152. The van der Waals surface area contributed by atoms with E-state index < -0.39 is 23.8 Å². The van der Waals surface area contributed by atoms with Crippen LogP contribution in [0.4, 0.5) is 15.8 Å². The van der Waals surface area contributed by atoms with Gasteiger partial charge in [0.25, 0.3) is 5.91 Å². The Kier molecular flexibility index (Phi) is 5.88. The van der Waals surface area contributed by atoms with Gasteiger partial charge in [0, 0.05) is 5.69 Å². The molecular formula is C20H19FN2O5. The van der Waals surface area contributed by atoms with Crippen LogP contribution in [-0.4, -0.2) is 37.0 Å². The summed E-state index contributed by atoms with van der Waals surface area (Å²) >= 11 is 0. The highest BCUT2D eigenvalue weighted by atomic mass is 19.1. The van der Waals surface area contributed by atoms with E-state index in [1.807, 2.05) is 0 Å². The lowest BCUT2D eigenvalue weighted by atomic mass is 10.2. The molecule has 0 saturated carbocycles. The van der Waals surface area contributed by atoms with Gasteiger partial charge in [0.2, 0.25) is 5.91 Å². The molecule has 1 aliphatic rings. The van der Waals surface area contributed by atoms with Crippen molar-refractivity contribution in [2.75, 3.05) is 23.4 Å². The van der Waals surface area contributed by atoms with Gasteiger partial charge >= 0.3 is 5.97 Å². The van der Waals surface area contributed by atoms with Crippen LogP contribution in [0.25, 0.3) is 0 Å². The van der Waals surface area contributed by atoms with E-state index in [9.17, 15) is 18.8 Å². The fourth-order valence-electron chi connectivity index (χ4n) is 2.69. The molecule has 2 aromatic rings. The van der Waals surface area contributed by atoms with Crippen molar-refractivity contribution in [3.05, 3.63) is 54.3 Å². The first-order valence-electron chi connectivity index (χ1n) is 8.72. The molecule has 1 aliphatic heterocycles. The number of nitrogens with one attached hydrogen (secondary N) is 1. The Morgan fingerprint density at radius 3 is 2.68 bits per heavy atom. The van der Waals surface area contributed by atoms with E-state index in [0.29, 0.717) is 17.1 Å². The van der Waals surface area contributed by atoms with E-state index in [-0.39, 0.29) is 25.5 Å². The monoisotopic (exact) mass is 386 g/mol. The van der Waals surface area contributed by atoms with Gasteiger partial charge in [0.15, 0.2) is 6.10 Å². The second kappa shape index (κ2) is 8.51. The Morgan fingerprint density at radius 2 is 1.93 bits per heavy atom. The van der Waals surface area contributed by atoms with Crippen molar-refractivity contribution in [1.82, 2.24) is 0 Å². The summed E-state index contributed by atoms with van der Waals surface area (Å²) in [4.78, 5) is 38.1. The highest BCUT2D eigenvalue weighted by molar-refractivity contribution is 6.00. The summed E-state index contributed by atoms with van der Waals surface area (Å²) in [6.45, 7) is 1.29. The van der Waals surface area contributed by atoms with Crippen molar-refractivity contribution in [3.63, 3.8) is 0 Å². The number of hydrogen-bond acceptors (Lipinski definition) is 5. The van der Waals surface area contributed by atoms with E-state index in [4.69, 9.17) is 9.47 Å². The molecule has 0 aliphatic carbocycles. The molecule has 0 spiro atoms. The zero-order chi connectivity index (χ0) is 20.1. The second-order valence-corrected chi connectivity index (χ2v) is 6.17. The first kappa shape index (κ1) is 19.3. The van der Waals surface area contributed by atoms with Gasteiger partial charge < -0.3 is 14.8 Å². The molecule has 1 N–H and O–H groups in total.